The predicted octanol–water partition coefficient (Wildman–Crippen LogP) is 2.00. The van der Waals surface area contributed by atoms with Crippen LogP contribution < -0.4 is 14.8 Å². The van der Waals surface area contributed by atoms with Crippen LogP contribution in [0.5, 0.6) is 11.5 Å². The van der Waals surface area contributed by atoms with Crippen molar-refractivity contribution in [2.24, 2.45) is 0 Å². The highest BCUT2D eigenvalue weighted by atomic mass is 32.2. The maximum Gasteiger partial charge on any atom is 0.287 e. The molecule has 9 heteroatoms. The summed E-state index contributed by atoms with van der Waals surface area (Å²) in [7, 11) is -2.43. The number of carbonyl (C=O) groups excluding carboxylic acids is 1. The zero-order valence-corrected chi connectivity index (χ0v) is 15.8. The van der Waals surface area contributed by atoms with Gasteiger partial charge in [-0.15, -0.1) is 0 Å². The molecule has 1 heterocycles. The average Bonchev–Trinajstić information content (AvgIpc) is 3.02. The minimum Gasteiger partial charge on any atom is -0.504 e. The number of methoxy groups -OCH3 is 1. The minimum atomic E-state index is -3.85. The Kier molecular flexibility index (Phi) is 5.62. The predicted molar refractivity (Wildman–Crippen MR) is 94.6 cm³/mol. The zero-order valence-electron chi connectivity index (χ0n) is 15.0. The van der Waals surface area contributed by atoms with Crippen molar-refractivity contribution in [3.63, 3.8) is 0 Å². The Bertz CT molecular complexity index is 896. The van der Waals surface area contributed by atoms with Gasteiger partial charge in [0.25, 0.3) is 15.9 Å². The number of sulfonamides is 1. The average molecular weight is 382 g/mol. The van der Waals surface area contributed by atoms with Gasteiger partial charge in [0, 0.05) is 12.1 Å². The van der Waals surface area contributed by atoms with Gasteiger partial charge in [-0.25, -0.2) is 13.1 Å². The number of hydrogen-bond acceptors (Lipinski definition) is 6. The Labute approximate surface area is 152 Å². The third-order valence-corrected chi connectivity index (χ3v) is 4.84. The molecule has 0 saturated heterocycles. The number of furan rings is 1. The summed E-state index contributed by atoms with van der Waals surface area (Å²) >= 11 is 0. The summed E-state index contributed by atoms with van der Waals surface area (Å²) in [6, 6.07) is 7.19. The molecule has 0 unspecified atom stereocenters. The van der Waals surface area contributed by atoms with Gasteiger partial charge in [0.15, 0.2) is 17.3 Å². The molecule has 142 valence electrons. The topological polar surface area (TPSA) is 118 Å². The zero-order chi connectivity index (χ0) is 19.5. The standard InChI is InChI=1S/C17H22N2O6S/c1-17(2,3)19-26(22,23)15-8-7-13(25-15)16(21)18-10-11-5-6-12(20)14(9-11)24-4/h5-9,19-20H,10H2,1-4H3,(H,18,21). The Hall–Kier alpha value is -2.52. The molecule has 0 aliphatic heterocycles. The minimum absolute atomic E-state index is 0.00481. The third-order valence-electron chi connectivity index (χ3n) is 3.21. The number of rotatable bonds is 6. The van der Waals surface area contributed by atoms with E-state index in [1.807, 2.05) is 0 Å². The molecule has 0 saturated carbocycles. The van der Waals surface area contributed by atoms with E-state index in [4.69, 9.17) is 9.15 Å². The molecule has 0 spiro atoms. The van der Waals surface area contributed by atoms with E-state index in [0.717, 1.165) is 0 Å². The molecule has 0 aliphatic rings. The first-order valence-electron chi connectivity index (χ1n) is 7.80. The van der Waals surface area contributed by atoms with Crippen molar-refractivity contribution in [1.82, 2.24) is 10.0 Å². The summed E-state index contributed by atoms with van der Waals surface area (Å²) in [4.78, 5) is 12.2. The van der Waals surface area contributed by atoms with Crippen molar-refractivity contribution in [3.8, 4) is 11.5 Å². The molecule has 26 heavy (non-hydrogen) atoms. The summed E-state index contributed by atoms with van der Waals surface area (Å²) in [5.74, 6) is -0.398. The van der Waals surface area contributed by atoms with Gasteiger partial charge < -0.3 is 19.6 Å². The van der Waals surface area contributed by atoms with Crippen molar-refractivity contribution in [2.45, 2.75) is 37.9 Å². The van der Waals surface area contributed by atoms with E-state index in [2.05, 4.69) is 10.0 Å². The second-order valence-corrected chi connectivity index (χ2v) is 8.28. The molecule has 0 aliphatic carbocycles. The fourth-order valence-corrected chi connectivity index (χ4v) is 3.49. The number of nitrogens with one attached hydrogen (secondary N) is 2. The van der Waals surface area contributed by atoms with Gasteiger partial charge in [0.1, 0.15) is 0 Å². The molecule has 0 fully saturated rings. The molecule has 0 atom stereocenters. The van der Waals surface area contributed by atoms with Gasteiger partial charge in [-0.05, 0) is 50.6 Å². The van der Waals surface area contributed by atoms with Gasteiger partial charge >= 0.3 is 0 Å². The van der Waals surface area contributed by atoms with Crippen LogP contribution in [0.3, 0.4) is 0 Å². The van der Waals surface area contributed by atoms with Crippen molar-refractivity contribution >= 4 is 15.9 Å². The Morgan fingerprint density at radius 3 is 2.54 bits per heavy atom. The smallest absolute Gasteiger partial charge is 0.287 e. The van der Waals surface area contributed by atoms with E-state index in [0.29, 0.717) is 5.56 Å². The van der Waals surface area contributed by atoms with Crippen molar-refractivity contribution in [1.29, 1.82) is 0 Å². The molecule has 0 radical (unpaired) electrons. The quantitative estimate of drug-likeness (QED) is 0.703. The van der Waals surface area contributed by atoms with E-state index in [-0.39, 0.29) is 28.9 Å². The van der Waals surface area contributed by atoms with Crippen LogP contribution in [0.4, 0.5) is 0 Å². The summed E-state index contributed by atoms with van der Waals surface area (Å²) < 4.78 is 37.0. The Morgan fingerprint density at radius 2 is 1.92 bits per heavy atom. The van der Waals surface area contributed by atoms with Crippen LogP contribution in [0, 0.1) is 0 Å². The van der Waals surface area contributed by atoms with Crippen LogP contribution in [0.2, 0.25) is 0 Å². The fraction of sp³-hybridized carbons (Fsp3) is 0.353. The molecule has 3 N–H and O–H groups in total. The van der Waals surface area contributed by atoms with Gasteiger partial charge in [0.2, 0.25) is 5.09 Å². The third kappa shape index (κ3) is 4.99. The number of phenolic OH excluding ortho intramolecular Hbond substituents is 1. The first-order chi connectivity index (χ1) is 12.0. The molecule has 2 aromatic rings. The number of hydrogen-bond donors (Lipinski definition) is 3. The second kappa shape index (κ2) is 7.38. The number of amides is 1. The van der Waals surface area contributed by atoms with Crippen LogP contribution in [0.1, 0.15) is 36.9 Å². The number of carbonyl (C=O) groups is 1. The van der Waals surface area contributed by atoms with E-state index >= 15 is 0 Å². The Morgan fingerprint density at radius 1 is 1.23 bits per heavy atom. The van der Waals surface area contributed by atoms with Crippen LogP contribution in [-0.4, -0.2) is 32.1 Å². The van der Waals surface area contributed by atoms with Crippen LogP contribution in [0.15, 0.2) is 39.8 Å². The highest BCUT2D eigenvalue weighted by Crippen LogP contribution is 2.26. The van der Waals surface area contributed by atoms with E-state index in [1.54, 1.807) is 32.9 Å². The van der Waals surface area contributed by atoms with E-state index < -0.39 is 21.5 Å². The number of aromatic hydroxyl groups is 1. The second-order valence-electron chi connectivity index (χ2n) is 6.66. The summed E-state index contributed by atoms with van der Waals surface area (Å²) in [5, 5.41) is 11.8. The monoisotopic (exact) mass is 382 g/mol. The SMILES string of the molecule is COc1cc(CNC(=O)c2ccc(S(=O)(=O)NC(C)(C)C)o2)ccc1O. The van der Waals surface area contributed by atoms with Crippen LogP contribution in [0.25, 0.3) is 0 Å². The molecule has 1 aromatic carbocycles. The number of ether oxygens (including phenoxy) is 1. The molecular weight excluding hydrogens is 360 g/mol. The lowest BCUT2D eigenvalue weighted by atomic mass is 10.1. The molecular formula is C17H22N2O6S. The first-order valence-corrected chi connectivity index (χ1v) is 9.28. The van der Waals surface area contributed by atoms with E-state index in [1.165, 1.54) is 25.3 Å². The van der Waals surface area contributed by atoms with Crippen molar-refractivity contribution in [3.05, 3.63) is 41.7 Å². The molecule has 1 amide bonds. The summed E-state index contributed by atoms with van der Waals surface area (Å²) in [6.45, 7) is 5.26. The summed E-state index contributed by atoms with van der Waals surface area (Å²) in [6.07, 6.45) is 0. The largest absolute Gasteiger partial charge is 0.504 e. The molecule has 2 rings (SSSR count). The molecule has 8 nitrogen and oxygen atoms in total. The maximum absolute atomic E-state index is 12.2. The van der Waals surface area contributed by atoms with Gasteiger partial charge in [-0.3, -0.25) is 4.79 Å². The van der Waals surface area contributed by atoms with Gasteiger partial charge in [-0.2, -0.15) is 0 Å². The lowest BCUT2D eigenvalue weighted by Crippen LogP contribution is -2.40. The maximum atomic E-state index is 12.2. The number of phenols is 1. The molecule has 1 aromatic heterocycles. The Balaban J connectivity index is 2.06. The fourth-order valence-electron chi connectivity index (χ4n) is 2.14. The normalized spacial score (nSPS) is 12.0. The van der Waals surface area contributed by atoms with Crippen molar-refractivity contribution in [2.75, 3.05) is 7.11 Å². The summed E-state index contributed by atoms with van der Waals surface area (Å²) in [5.41, 5.74) is 0.0215. The van der Waals surface area contributed by atoms with E-state index in [9.17, 15) is 18.3 Å². The number of benzene rings is 1. The highest BCUT2D eigenvalue weighted by Gasteiger charge is 2.26. The van der Waals surface area contributed by atoms with Crippen LogP contribution >= 0.6 is 0 Å². The van der Waals surface area contributed by atoms with Gasteiger partial charge in [0.05, 0.1) is 7.11 Å². The molecule has 0 bridgehead atoms. The lowest BCUT2D eigenvalue weighted by Gasteiger charge is -2.18. The van der Waals surface area contributed by atoms with Gasteiger partial charge in [-0.1, -0.05) is 6.07 Å². The van der Waals surface area contributed by atoms with Crippen molar-refractivity contribution < 1.29 is 27.5 Å². The lowest BCUT2D eigenvalue weighted by molar-refractivity contribution is 0.0917. The first kappa shape index (κ1) is 19.8. The highest BCUT2D eigenvalue weighted by molar-refractivity contribution is 7.89. The van der Waals surface area contributed by atoms with Crippen LogP contribution in [-0.2, 0) is 16.6 Å².